The number of hydrogen-bond donors (Lipinski definition) is 1. The molecule has 1 aliphatic rings. The lowest BCUT2D eigenvalue weighted by Crippen LogP contribution is -2.48. The lowest BCUT2D eigenvalue weighted by atomic mass is 10.1. The van der Waals surface area contributed by atoms with Gasteiger partial charge in [-0.2, -0.15) is 0 Å². The van der Waals surface area contributed by atoms with Crippen molar-refractivity contribution in [3.8, 4) is 5.75 Å². The van der Waals surface area contributed by atoms with Crippen LogP contribution in [0.15, 0.2) is 46.9 Å². The summed E-state index contributed by atoms with van der Waals surface area (Å²) in [6, 6.07) is 13.1. The Morgan fingerprint density at radius 1 is 1.04 bits per heavy atom. The molecule has 7 heteroatoms. The first kappa shape index (κ1) is 19.2. The van der Waals surface area contributed by atoms with E-state index in [1.807, 2.05) is 35.2 Å². The lowest BCUT2D eigenvalue weighted by Gasteiger charge is -2.35. The third kappa shape index (κ3) is 4.60. The van der Waals surface area contributed by atoms with E-state index in [4.69, 9.17) is 4.74 Å². The average molecular weight is 432 g/mol. The summed E-state index contributed by atoms with van der Waals surface area (Å²) in [5.74, 6) is 0.419. The van der Waals surface area contributed by atoms with E-state index >= 15 is 0 Å². The van der Waals surface area contributed by atoms with Crippen molar-refractivity contribution in [2.24, 2.45) is 0 Å². The van der Waals surface area contributed by atoms with Crippen LogP contribution in [0.3, 0.4) is 0 Å². The minimum Gasteiger partial charge on any atom is -0.496 e. The van der Waals surface area contributed by atoms with Crippen LogP contribution in [0.2, 0.25) is 0 Å². The van der Waals surface area contributed by atoms with Gasteiger partial charge in [0.15, 0.2) is 0 Å². The van der Waals surface area contributed by atoms with Gasteiger partial charge in [0.05, 0.1) is 12.7 Å². The van der Waals surface area contributed by atoms with Crippen LogP contribution in [0, 0.1) is 0 Å². The highest BCUT2D eigenvalue weighted by Crippen LogP contribution is 2.25. The topological polar surface area (TPSA) is 61.9 Å². The van der Waals surface area contributed by atoms with Crippen molar-refractivity contribution in [2.45, 2.75) is 6.92 Å². The number of piperazine rings is 1. The summed E-state index contributed by atoms with van der Waals surface area (Å²) < 4.78 is 6.08. The van der Waals surface area contributed by atoms with E-state index in [0.29, 0.717) is 17.0 Å². The Morgan fingerprint density at radius 2 is 1.70 bits per heavy atom. The second kappa shape index (κ2) is 8.43. The second-order valence-corrected chi connectivity index (χ2v) is 7.25. The van der Waals surface area contributed by atoms with E-state index in [1.54, 1.807) is 26.2 Å². The van der Waals surface area contributed by atoms with Crippen molar-refractivity contribution in [1.82, 2.24) is 4.90 Å². The van der Waals surface area contributed by atoms with E-state index in [0.717, 1.165) is 36.3 Å². The first-order valence-corrected chi connectivity index (χ1v) is 9.52. The maximum Gasteiger partial charge on any atom is 0.259 e. The fourth-order valence-corrected chi connectivity index (χ4v) is 3.45. The molecule has 1 N–H and O–H groups in total. The molecule has 1 saturated heterocycles. The molecule has 0 spiro atoms. The predicted molar refractivity (Wildman–Crippen MR) is 110 cm³/mol. The van der Waals surface area contributed by atoms with Crippen LogP contribution in [-0.4, -0.2) is 50.0 Å². The summed E-state index contributed by atoms with van der Waals surface area (Å²) in [7, 11) is 1.54. The Balaban J connectivity index is 1.65. The number of carbonyl (C=O) groups is 2. The van der Waals surface area contributed by atoms with Crippen molar-refractivity contribution in [3.05, 3.63) is 52.5 Å². The molecule has 0 unspecified atom stereocenters. The van der Waals surface area contributed by atoms with Crippen LogP contribution in [-0.2, 0) is 4.79 Å². The molecule has 0 atom stereocenters. The van der Waals surface area contributed by atoms with Gasteiger partial charge < -0.3 is 19.9 Å². The summed E-state index contributed by atoms with van der Waals surface area (Å²) >= 11 is 3.38. The Labute approximate surface area is 167 Å². The molecule has 0 radical (unpaired) electrons. The second-order valence-electron chi connectivity index (χ2n) is 6.34. The summed E-state index contributed by atoms with van der Waals surface area (Å²) in [6.45, 7) is 4.68. The SMILES string of the molecule is COc1ccc(Br)cc1C(=O)Nc1ccc(N2CCN(C(C)=O)CC2)cc1. The molecule has 0 saturated carbocycles. The summed E-state index contributed by atoms with van der Waals surface area (Å²) in [5.41, 5.74) is 2.26. The van der Waals surface area contributed by atoms with Crippen molar-refractivity contribution >= 4 is 39.1 Å². The van der Waals surface area contributed by atoms with Gasteiger partial charge in [-0.25, -0.2) is 0 Å². The fraction of sp³-hybridized carbons (Fsp3) is 0.300. The third-order valence-electron chi connectivity index (χ3n) is 4.62. The van der Waals surface area contributed by atoms with Gasteiger partial charge in [0, 0.05) is 49.0 Å². The zero-order valence-electron chi connectivity index (χ0n) is 15.4. The number of rotatable bonds is 4. The van der Waals surface area contributed by atoms with Crippen LogP contribution in [0.25, 0.3) is 0 Å². The van der Waals surface area contributed by atoms with Gasteiger partial charge >= 0.3 is 0 Å². The Bertz CT molecular complexity index is 831. The van der Waals surface area contributed by atoms with E-state index in [-0.39, 0.29) is 11.8 Å². The number of nitrogens with zero attached hydrogens (tertiary/aromatic N) is 2. The maximum absolute atomic E-state index is 12.6. The summed E-state index contributed by atoms with van der Waals surface area (Å²) in [4.78, 5) is 28.1. The van der Waals surface area contributed by atoms with Crippen LogP contribution in [0.4, 0.5) is 11.4 Å². The molecule has 6 nitrogen and oxygen atoms in total. The molecular weight excluding hydrogens is 410 g/mol. The standard InChI is InChI=1S/C20H22BrN3O3/c1-14(25)23-9-11-24(12-10-23)17-6-4-16(5-7-17)22-20(26)18-13-15(21)3-8-19(18)27-2/h3-8,13H,9-12H2,1-2H3,(H,22,26). The maximum atomic E-state index is 12.6. The summed E-state index contributed by atoms with van der Waals surface area (Å²) in [6.07, 6.45) is 0. The predicted octanol–water partition coefficient (Wildman–Crippen LogP) is 3.38. The molecule has 0 aromatic heterocycles. The molecule has 0 aliphatic carbocycles. The van der Waals surface area contributed by atoms with Gasteiger partial charge in [-0.3, -0.25) is 9.59 Å². The van der Waals surface area contributed by atoms with Gasteiger partial charge in [0.25, 0.3) is 5.91 Å². The number of nitrogens with one attached hydrogen (secondary N) is 1. The average Bonchev–Trinajstić information content (AvgIpc) is 2.68. The number of hydrogen-bond acceptors (Lipinski definition) is 4. The van der Waals surface area contributed by atoms with Crippen LogP contribution in [0.1, 0.15) is 17.3 Å². The van der Waals surface area contributed by atoms with Crippen LogP contribution in [0.5, 0.6) is 5.75 Å². The normalized spacial score (nSPS) is 14.0. The minimum absolute atomic E-state index is 0.121. The Kier molecular flexibility index (Phi) is 6.01. The number of carbonyl (C=O) groups excluding carboxylic acids is 2. The lowest BCUT2D eigenvalue weighted by molar-refractivity contribution is -0.129. The summed E-state index contributed by atoms with van der Waals surface area (Å²) in [5, 5.41) is 2.90. The first-order valence-electron chi connectivity index (χ1n) is 8.73. The monoisotopic (exact) mass is 431 g/mol. The quantitative estimate of drug-likeness (QED) is 0.805. The van der Waals surface area contributed by atoms with E-state index in [9.17, 15) is 9.59 Å². The number of amides is 2. The number of halogens is 1. The smallest absolute Gasteiger partial charge is 0.259 e. The zero-order chi connectivity index (χ0) is 19.4. The highest BCUT2D eigenvalue weighted by Gasteiger charge is 2.19. The molecule has 142 valence electrons. The molecule has 2 aromatic rings. The van der Waals surface area contributed by atoms with E-state index in [1.165, 1.54) is 0 Å². The highest BCUT2D eigenvalue weighted by atomic mass is 79.9. The van der Waals surface area contributed by atoms with Gasteiger partial charge in [-0.05, 0) is 42.5 Å². The molecule has 1 aliphatic heterocycles. The van der Waals surface area contributed by atoms with E-state index in [2.05, 4.69) is 26.1 Å². The molecule has 0 bridgehead atoms. The van der Waals surface area contributed by atoms with Gasteiger partial charge in [0.2, 0.25) is 5.91 Å². The number of benzene rings is 2. The molecule has 1 heterocycles. The molecule has 2 amide bonds. The highest BCUT2D eigenvalue weighted by molar-refractivity contribution is 9.10. The van der Waals surface area contributed by atoms with E-state index < -0.39 is 0 Å². The fourth-order valence-electron chi connectivity index (χ4n) is 3.09. The molecule has 27 heavy (non-hydrogen) atoms. The molecular formula is C20H22BrN3O3. The number of anilines is 2. The number of methoxy groups -OCH3 is 1. The number of ether oxygens (including phenoxy) is 1. The van der Waals surface area contributed by atoms with Gasteiger partial charge in [-0.15, -0.1) is 0 Å². The van der Waals surface area contributed by atoms with Gasteiger partial charge in [-0.1, -0.05) is 15.9 Å². The molecule has 1 fully saturated rings. The van der Waals surface area contributed by atoms with Gasteiger partial charge in [0.1, 0.15) is 5.75 Å². The molecule has 3 rings (SSSR count). The van der Waals surface area contributed by atoms with Crippen molar-refractivity contribution < 1.29 is 14.3 Å². The van der Waals surface area contributed by atoms with Crippen molar-refractivity contribution in [2.75, 3.05) is 43.5 Å². The Hall–Kier alpha value is -2.54. The van der Waals surface area contributed by atoms with Crippen LogP contribution < -0.4 is 15.0 Å². The zero-order valence-corrected chi connectivity index (χ0v) is 17.0. The van der Waals surface area contributed by atoms with Crippen molar-refractivity contribution in [3.63, 3.8) is 0 Å². The minimum atomic E-state index is -0.226. The van der Waals surface area contributed by atoms with Crippen molar-refractivity contribution in [1.29, 1.82) is 0 Å². The van der Waals surface area contributed by atoms with Crippen LogP contribution >= 0.6 is 15.9 Å². The largest absolute Gasteiger partial charge is 0.496 e. The first-order chi connectivity index (χ1) is 13.0. The third-order valence-corrected chi connectivity index (χ3v) is 5.11. The molecule has 2 aromatic carbocycles. The Morgan fingerprint density at radius 3 is 2.30 bits per heavy atom.